The zero-order chi connectivity index (χ0) is 16.3. The van der Waals surface area contributed by atoms with Gasteiger partial charge in [-0.2, -0.15) is 0 Å². The molecule has 2 rings (SSSR count). The fourth-order valence-corrected chi connectivity index (χ4v) is 1.98. The second-order valence-corrected chi connectivity index (χ2v) is 4.73. The minimum absolute atomic E-state index is 0.307. The summed E-state index contributed by atoms with van der Waals surface area (Å²) >= 11 is 0. The number of carbonyl (C=O) groups excluding carboxylic acids is 3. The summed E-state index contributed by atoms with van der Waals surface area (Å²) in [5.41, 5.74) is 6.46. The van der Waals surface area contributed by atoms with Crippen molar-refractivity contribution in [2.75, 3.05) is 0 Å². The molecule has 0 unspecified atom stereocenters. The van der Waals surface area contributed by atoms with Gasteiger partial charge < -0.3 is 10.5 Å². The third-order valence-corrected chi connectivity index (χ3v) is 2.96. The smallest absolute Gasteiger partial charge is 0.339 e. The lowest BCUT2D eigenvalue weighted by atomic mass is 10.1. The van der Waals surface area contributed by atoms with E-state index in [-0.39, 0.29) is 0 Å². The average molecular weight is 301 g/mol. The molecule has 7 heteroatoms. The number of nitrogens with one attached hydrogen (secondary N) is 1. The van der Waals surface area contributed by atoms with Crippen LogP contribution in [0, 0.1) is 6.92 Å². The molecule has 0 bridgehead atoms. The molecule has 0 radical (unpaired) electrons. The monoisotopic (exact) mass is 301 g/mol. The SMILES string of the molecule is Cc1cc(C(=O)O[C@H](C)C(=O)NC(N)=O)c2ccccc2n1. The summed E-state index contributed by atoms with van der Waals surface area (Å²) in [6.45, 7) is 3.11. The second-order valence-electron chi connectivity index (χ2n) is 4.73. The number of nitrogens with two attached hydrogens (primary N) is 1. The van der Waals surface area contributed by atoms with Crippen molar-refractivity contribution in [1.29, 1.82) is 0 Å². The Bertz CT molecular complexity index is 758. The average Bonchev–Trinajstić information content (AvgIpc) is 2.45. The number of pyridine rings is 1. The lowest BCUT2D eigenvalue weighted by Crippen LogP contribution is -2.42. The third kappa shape index (κ3) is 3.38. The molecular formula is C15H15N3O4. The fourth-order valence-electron chi connectivity index (χ4n) is 1.98. The van der Waals surface area contributed by atoms with Crippen LogP contribution in [-0.2, 0) is 9.53 Å². The van der Waals surface area contributed by atoms with Gasteiger partial charge in [0.05, 0.1) is 11.1 Å². The Morgan fingerprint density at radius 3 is 2.64 bits per heavy atom. The first kappa shape index (κ1) is 15.4. The number of imide groups is 1. The zero-order valence-corrected chi connectivity index (χ0v) is 12.1. The zero-order valence-electron chi connectivity index (χ0n) is 12.1. The summed E-state index contributed by atoms with van der Waals surface area (Å²) in [6, 6.07) is 7.70. The Balaban J connectivity index is 2.26. The van der Waals surface area contributed by atoms with E-state index in [2.05, 4.69) is 4.98 Å². The van der Waals surface area contributed by atoms with Gasteiger partial charge in [-0.1, -0.05) is 18.2 Å². The quantitative estimate of drug-likeness (QED) is 0.829. The number of hydrogen-bond donors (Lipinski definition) is 2. The highest BCUT2D eigenvalue weighted by molar-refractivity contribution is 6.04. The van der Waals surface area contributed by atoms with Crippen LogP contribution in [0.5, 0.6) is 0 Å². The van der Waals surface area contributed by atoms with Crippen molar-refractivity contribution < 1.29 is 19.1 Å². The van der Waals surface area contributed by atoms with Crippen LogP contribution in [-0.4, -0.2) is 29.0 Å². The van der Waals surface area contributed by atoms with Crippen molar-refractivity contribution in [1.82, 2.24) is 10.3 Å². The van der Waals surface area contributed by atoms with Gasteiger partial charge in [-0.05, 0) is 26.0 Å². The molecule has 3 amide bonds. The van der Waals surface area contributed by atoms with Crippen molar-refractivity contribution in [3.05, 3.63) is 41.6 Å². The highest BCUT2D eigenvalue weighted by Crippen LogP contribution is 2.19. The maximum atomic E-state index is 12.3. The molecule has 1 aromatic carbocycles. The van der Waals surface area contributed by atoms with E-state index in [0.29, 0.717) is 22.2 Å². The number of primary amides is 1. The summed E-state index contributed by atoms with van der Waals surface area (Å²) < 4.78 is 5.08. The first-order chi connectivity index (χ1) is 10.4. The number of aromatic nitrogens is 1. The first-order valence-electron chi connectivity index (χ1n) is 6.56. The number of aryl methyl sites for hydroxylation is 1. The number of carbonyl (C=O) groups is 3. The Kier molecular flexibility index (Phi) is 4.36. The van der Waals surface area contributed by atoms with Gasteiger partial charge in [0.1, 0.15) is 0 Å². The molecule has 0 saturated heterocycles. The van der Waals surface area contributed by atoms with Crippen LogP contribution >= 0.6 is 0 Å². The van der Waals surface area contributed by atoms with Gasteiger partial charge >= 0.3 is 12.0 Å². The van der Waals surface area contributed by atoms with E-state index >= 15 is 0 Å². The largest absolute Gasteiger partial charge is 0.449 e. The van der Waals surface area contributed by atoms with Crippen LogP contribution in [0.4, 0.5) is 4.79 Å². The number of amides is 3. The Morgan fingerprint density at radius 2 is 1.95 bits per heavy atom. The number of nitrogens with zero attached hydrogens (tertiary/aromatic N) is 1. The topological polar surface area (TPSA) is 111 Å². The number of urea groups is 1. The van der Waals surface area contributed by atoms with Gasteiger partial charge in [-0.25, -0.2) is 9.59 Å². The first-order valence-corrected chi connectivity index (χ1v) is 6.56. The van der Waals surface area contributed by atoms with Crippen LogP contribution in [0.3, 0.4) is 0 Å². The van der Waals surface area contributed by atoms with Crippen molar-refractivity contribution in [3.8, 4) is 0 Å². The van der Waals surface area contributed by atoms with Gasteiger partial charge in [0.2, 0.25) is 0 Å². The number of esters is 1. The molecule has 1 aromatic heterocycles. The Morgan fingerprint density at radius 1 is 1.27 bits per heavy atom. The molecule has 114 valence electrons. The number of hydrogen-bond acceptors (Lipinski definition) is 5. The van der Waals surface area contributed by atoms with E-state index in [0.717, 1.165) is 0 Å². The molecule has 2 aromatic rings. The lowest BCUT2D eigenvalue weighted by molar-refractivity contribution is -0.127. The fraction of sp³-hybridized carbons (Fsp3) is 0.200. The van der Waals surface area contributed by atoms with Crippen molar-refractivity contribution >= 4 is 28.8 Å². The number of ether oxygens (including phenoxy) is 1. The molecular weight excluding hydrogens is 286 g/mol. The highest BCUT2D eigenvalue weighted by Gasteiger charge is 2.21. The predicted octanol–water partition coefficient (Wildman–Crippen LogP) is 1.28. The minimum Gasteiger partial charge on any atom is -0.449 e. The molecule has 3 N–H and O–H groups in total. The minimum atomic E-state index is -1.15. The normalized spacial score (nSPS) is 11.7. The summed E-state index contributed by atoms with van der Waals surface area (Å²) in [5, 5.41) is 2.48. The number of benzene rings is 1. The van der Waals surface area contributed by atoms with Gasteiger partial charge in [0.25, 0.3) is 5.91 Å². The number of fused-ring (bicyclic) bond motifs is 1. The number of para-hydroxylation sites is 1. The molecule has 0 fully saturated rings. The highest BCUT2D eigenvalue weighted by atomic mass is 16.5. The van der Waals surface area contributed by atoms with Gasteiger partial charge in [0.15, 0.2) is 6.10 Å². The van der Waals surface area contributed by atoms with Crippen molar-refractivity contribution in [2.45, 2.75) is 20.0 Å². The Labute approximate surface area is 126 Å². The van der Waals surface area contributed by atoms with E-state index in [1.807, 2.05) is 11.4 Å². The van der Waals surface area contributed by atoms with Crippen LogP contribution in [0.15, 0.2) is 30.3 Å². The second kappa shape index (κ2) is 6.21. The molecule has 1 atom stereocenters. The summed E-state index contributed by atoms with van der Waals surface area (Å²) in [5.74, 6) is -1.45. The van der Waals surface area contributed by atoms with Crippen molar-refractivity contribution in [3.63, 3.8) is 0 Å². The van der Waals surface area contributed by atoms with Crippen LogP contribution < -0.4 is 11.1 Å². The van der Waals surface area contributed by atoms with E-state index in [1.54, 1.807) is 31.2 Å². The third-order valence-electron chi connectivity index (χ3n) is 2.96. The van der Waals surface area contributed by atoms with E-state index in [9.17, 15) is 14.4 Å². The van der Waals surface area contributed by atoms with E-state index in [4.69, 9.17) is 10.5 Å². The molecule has 0 spiro atoms. The standard InChI is InChI=1S/C15H15N3O4/c1-8-7-11(10-5-3-4-6-12(10)17-8)14(20)22-9(2)13(19)18-15(16)21/h3-7,9H,1-2H3,(H3,16,18,19,21)/t9-/m1/s1. The Hall–Kier alpha value is -2.96. The van der Waals surface area contributed by atoms with Crippen LogP contribution in [0.1, 0.15) is 23.0 Å². The molecule has 22 heavy (non-hydrogen) atoms. The predicted molar refractivity (Wildman–Crippen MR) is 79.1 cm³/mol. The lowest BCUT2D eigenvalue weighted by Gasteiger charge is -2.13. The summed E-state index contributed by atoms with van der Waals surface area (Å²) in [4.78, 5) is 38.8. The summed E-state index contributed by atoms with van der Waals surface area (Å²) in [7, 11) is 0. The molecule has 0 aliphatic heterocycles. The molecule has 0 aliphatic rings. The maximum Gasteiger partial charge on any atom is 0.339 e. The molecule has 0 aliphatic carbocycles. The van der Waals surface area contributed by atoms with Crippen LogP contribution in [0.25, 0.3) is 10.9 Å². The maximum absolute atomic E-state index is 12.3. The molecule has 1 heterocycles. The van der Waals surface area contributed by atoms with E-state index in [1.165, 1.54) is 6.92 Å². The number of rotatable bonds is 3. The van der Waals surface area contributed by atoms with Gasteiger partial charge in [-0.3, -0.25) is 15.1 Å². The van der Waals surface area contributed by atoms with Crippen LogP contribution in [0.2, 0.25) is 0 Å². The van der Waals surface area contributed by atoms with E-state index < -0.39 is 24.0 Å². The molecule has 7 nitrogen and oxygen atoms in total. The van der Waals surface area contributed by atoms with Gasteiger partial charge in [-0.15, -0.1) is 0 Å². The van der Waals surface area contributed by atoms with Crippen molar-refractivity contribution in [2.24, 2.45) is 5.73 Å². The van der Waals surface area contributed by atoms with Gasteiger partial charge in [0, 0.05) is 11.1 Å². The molecule has 0 saturated carbocycles. The summed E-state index contributed by atoms with van der Waals surface area (Å²) in [6.07, 6.45) is -1.15.